The zero-order valence-electron chi connectivity index (χ0n) is 16.7. The maximum Gasteiger partial charge on any atom is 0.245 e. The molecule has 0 bridgehead atoms. The summed E-state index contributed by atoms with van der Waals surface area (Å²) in [5.41, 5.74) is 2.57. The average Bonchev–Trinajstić information content (AvgIpc) is 3.25. The Morgan fingerprint density at radius 2 is 1.07 bits per heavy atom. The molecule has 0 N–H and O–H groups in total. The van der Waals surface area contributed by atoms with E-state index in [-0.39, 0.29) is 12.1 Å². The van der Waals surface area contributed by atoms with Crippen LogP contribution in [0, 0.1) is 0 Å². The zero-order chi connectivity index (χ0) is 20.0. The van der Waals surface area contributed by atoms with E-state index in [9.17, 15) is 0 Å². The summed E-state index contributed by atoms with van der Waals surface area (Å²) >= 11 is 0. The smallest absolute Gasteiger partial charge is 0.245 e. The SMILES string of the molecule is COc1ncnc2c1nc(-c1nc3c(OC)ncnc3n1C(C)C)n2C(C)C. The Morgan fingerprint density at radius 1 is 0.679 bits per heavy atom. The van der Waals surface area contributed by atoms with Gasteiger partial charge in [0, 0.05) is 12.1 Å². The molecule has 4 aromatic rings. The second-order valence-electron chi connectivity index (χ2n) is 6.91. The van der Waals surface area contributed by atoms with Gasteiger partial charge in [0.2, 0.25) is 11.8 Å². The van der Waals surface area contributed by atoms with Crippen LogP contribution in [-0.4, -0.2) is 53.3 Å². The van der Waals surface area contributed by atoms with Crippen LogP contribution in [0.1, 0.15) is 39.8 Å². The van der Waals surface area contributed by atoms with Crippen molar-refractivity contribution in [2.75, 3.05) is 14.2 Å². The van der Waals surface area contributed by atoms with Crippen LogP contribution in [0.4, 0.5) is 0 Å². The standard InChI is InChI=1S/C18H22N8O2/c1-9(2)25-13-11(17(27-5)21-7-19-13)23-15(25)16-24-12-14(26(16)10(3)4)20-8-22-18(12)28-6/h7-10H,1-6H3. The van der Waals surface area contributed by atoms with Crippen molar-refractivity contribution in [2.24, 2.45) is 0 Å². The number of fused-ring (bicyclic) bond motifs is 2. The van der Waals surface area contributed by atoms with Crippen LogP contribution in [0.2, 0.25) is 0 Å². The van der Waals surface area contributed by atoms with E-state index < -0.39 is 0 Å². The highest BCUT2D eigenvalue weighted by Crippen LogP contribution is 2.34. The molecule has 0 saturated heterocycles. The molecule has 0 aliphatic heterocycles. The van der Waals surface area contributed by atoms with Crippen LogP contribution in [0.5, 0.6) is 11.8 Å². The van der Waals surface area contributed by atoms with Crippen molar-refractivity contribution in [2.45, 2.75) is 39.8 Å². The lowest BCUT2D eigenvalue weighted by Gasteiger charge is -2.15. The molecule has 0 unspecified atom stereocenters. The number of ether oxygens (including phenoxy) is 2. The third kappa shape index (κ3) is 2.55. The molecule has 0 fully saturated rings. The number of methoxy groups -OCH3 is 2. The molecule has 4 aromatic heterocycles. The van der Waals surface area contributed by atoms with Crippen molar-refractivity contribution in [1.29, 1.82) is 0 Å². The van der Waals surface area contributed by atoms with Gasteiger partial charge in [-0.25, -0.2) is 19.9 Å². The van der Waals surface area contributed by atoms with E-state index in [2.05, 4.69) is 47.6 Å². The molecule has 0 amide bonds. The lowest BCUT2D eigenvalue weighted by molar-refractivity contribution is 0.401. The molecule has 146 valence electrons. The number of nitrogens with zero attached hydrogens (tertiary/aromatic N) is 8. The summed E-state index contributed by atoms with van der Waals surface area (Å²) in [6, 6.07) is 0.182. The number of hydrogen-bond acceptors (Lipinski definition) is 8. The Balaban J connectivity index is 2.12. The Hall–Kier alpha value is -3.30. The summed E-state index contributed by atoms with van der Waals surface area (Å²) in [6.07, 6.45) is 2.96. The molecule has 10 heteroatoms. The van der Waals surface area contributed by atoms with E-state index in [1.807, 2.05) is 9.13 Å². The van der Waals surface area contributed by atoms with Crippen LogP contribution in [0.15, 0.2) is 12.7 Å². The van der Waals surface area contributed by atoms with E-state index in [1.165, 1.54) is 12.7 Å². The molecule has 0 aliphatic rings. The number of rotatable bonds is 5. The third-order valence-corrected chi connectivity index (χ3v) is 4.51. The van der Waals surface area contributed by atoms with Crippen LogP contribution >= 0.6 is 0 Å². The second kappa shape index (κ2) is 6.70. The highest BCUT2D eigenvalue weighted by atomic mass is 16.5. The van der Waals surface area contributed by atoms with Crippen molar-refractivity contribution < 1.29 is 9.47 Å². The van der Waals surface area contributed by atoms with Gasteiger partial charge in [-0.3, -0.25) is 0 Å². The molecular weight excluding hydrogens is 360 g/mol. The van der Waals surface area contributed by atoms with E-state index in [4.69, 9.17) is 19.4 Å². The average molecular weight is 382 g/mol. The van der Waals surface area contributed by atoms with Gasteiger partial charge in [0.05, 0.1) is 14.2 Å². The molecule has 28 heavy (non-hydrogen) atoms. The van der Waals surface area contributed by atoms with Gasteiger partial charge in [-0.2, -0.15) is 9.97 Å². The first-order valence-electron chi connectivity index (χ1n) is 9.02. The largest absolute Gasteiger partial charge is 0.479 e. The summed E-state index contributed by atoms with van der Waals surface area (Å²) < 4.78 is 14.8. The van der Waals surface area contributed by atoms with Gasteiger partial charge in [0.15, 0.2) is 34.0 Å². The fourth-order valence-electron chi connectivity index (χ4n) is 3.37. The summed E-state index contributed by atoms with van der Waals surface area (Å²) in [5.74, 6) is 2.18. The predicted molar refractivity (Wildman–Crippen MR) is 104 cm³/mol. The molecule has 0 aromatic carbocycles. The minimum atomic E-state index is 0.0908. The second-order valence-corrected chi connectivity index (χ2v) is 6.91. The van der Waals surface area contributed by atoms with E-state index in [0.29, 0.717) is 45.7 Å². The fourth-order valence-corrected chi connectivity index (χ4v) is 3.37. The third-order valence-electron chi connectivity index (χ3n) is 4.51. The Bertz CT molecular complexity index is 1070. The van der Waals surface area contributed by atoms with Crippen LogP contribution in [0.25, 0.3) is 34.0 Å². The first-order chi connectivity index (χ1) is 13.5. The first kappa shape index (κ1) is 18.1. The van der Waals surface area contributed by atoms with Crippen molar-refractivity contribution in [3.05, 3.63) is 12.7 Å². The summed E-state index contributed by atoms with van der Waals surface area (Å²) in [7, 11) is 3.14. The predicted octanol–water partition coefficient (Wildman–Crippen LogP) is 2.81. The molecule has 4 rings (SSSR count). The Labute approximate surface area is 161 Å². The van der Waals surface area contributed by atoms with Gasteiger partial charge in [-0.1, -0.05) is 0 Å². The van der Waals surface area contributed by atoms with E-state index >= 15 is 0 Å². The maximum atomic E-state index is 5.39. The molecule has 0 aliphatic carbocycles. The number of imidazole rings is 2. The van der Waals surface area contributed by atoms with Crippen molar-refractivity contribution in [3.63, 3.8) is 0 Å². The lowest BCUT2D eigenvalue weighted by Crippen LogP contribution is -2.10. The van der Waals surface area contributed by atoms with Crippen LogP contribution < -0.4 is 9.47 Å². The van der Waals surface area contributed by atoms with Gasteiger partial charge in [0.25, 0.3) is 0 Å². The van der Waals surface area contributed by atoms with Gasteiger partial charge in [0.1, 0.15) is 12.7 Å². The molecule has 0 spiro atoms. The van der Waals surface area contributed by atoms with Crippen molar-refractivity contribution >= 4 is 22.3 Å². The van der Waals surface area contributed by atoms with Gasteiger partial charge >= 0.3 is 0 Å². The normalized spacial score (nSPS) is 11.9. The minimum Gasteiger partial charge on any atom is -0.479 e. The van der Waals surface area contributed by atoms with E-state index in [1.54, 1.807) is 14.2 Å². The van der Waals surface area contributed by atoms with Crippen LogP contribution in [-0.2, 0) is 0 Å². The molecule has 4 heterocycles. The summed E-state index contributed by atoms with van der Waals surface area (Å²) in [4.78, 5) is 26.9. The molecule has 0 radical (unpaired) electrons. The van der Waals surface area contributed by atoms with Crippen molar-refractivity contribution in [1.82, 2.24) is 39.0 Å². The van der Waals surface area contributed by atoms with Gasteiger partial charge < -0.3 is 18.6 Å². The molecule has 0 saturated carbocycles. The maximum absolute atomic E-state index is 5.39. The fraction of sp³-hybridized carbons (Fsp3) is 0.444. The van der Waals surface area contributed by atoms with E-state index in [0.717, 1.165) is 0 Å². The molecule has 10 nitrogen and oxygen atoms in total. The highest BCUT2D eigenvalue weighted by molar-refractivity contribution is 5.84. The first-order valence-corrected chi connectivity index (χ1v) is 9.02. The summed E-state index contributed by atoms with van der Waals surface area (Å²) in [5, 5.41) is 0. The monoisotopic (exact) mass is 382 g/mol. The highest BCUT2D eigenvalue weighted by Gasteiger charge is 2.26. The van der Waals surface area contributed by atoms with Gasteiger partial charge in [-0.05, 0) is 27.7 Å². The van der Waals surface area contributed by atoms with Crippen LogP contribution in [0.3, 0.4) is 0 Å². The molecular formula is C18H22N8O2. The van der Waals surface area contributed by atoms with Gasteiger partial charge in [-0.15, -0.1) is 0 Å². The Kier molecular flexibility index (Phi) is 4.33. The topological polar surface area (TPSA) is 106 Å². The Morgan fingerprint density at radius 3 is 1.39 bits per heavy atom. The lowest BCUT2D eigenvalue weighted by atomic mass is 10.3. The molecule has 0 atom stereocenters. The van der Waals surface area contributed by atoms with Crippen molar-refractivity contribution in [3.8, 4) is 23.4 Å². The zero-order valence-corrected chi connectivity index (χ0v) is 16.7. The summed E-state index contributed by atoms with van der Waals surface area (Å²) in [6.45, 7) is 8.29. The number of hydrogen-bond donors (Lipinski definition) is 0. The number of aromatic nitrogens is 8. The quantitative estimate of drug-likeness (QED) is 0.519. The minimum absolute atomic E-state index is 0.0908.